The Labute approximate surface area is 225 Å². The van der Waals surface area contributed by atoms with Crippen LogP contribution in [0.4, 0.5) is 0 Å². The molecule has 2 rings (SSSR count). The van der Waals surface area contributed by atoms with E-state index in [9.17, 15) is 24.0 Å². The molecule has 1 heterocycles. The molecule has 0 radical (unpaired) electrons. The van der Waals surface area contributed by atoms with Crippen LogP contribution in [0.1, 0.15) is 77.7 Å². The van der Waals surface area contributed by atoms with Crippen molar-refractivity contribution in [1.29, 1.82) is 0 Å². The number of rotatable bonds is 6. The second kappa shape index (κ2) is 16.4. The van der Waals surface area contributed by atoms with Gasteiger partial charge < -0.3 is 15.4 Å². The lowest BCUT2D eigenvalue weighted by Crippen LogP contribution is -2.43. The number of nitrogens with one attached hydrogen (secondary N) is 2. The summed E-state index contributed by atoms with van der Waals surface area (Å²) in [4.78, 5) is 64.0. The van der Waals surface area contributed by atoms with Gasteiger partial charge in [0.25, 0.3) is 0 Å². The summed E-state index contributed by atoms with van der Waals surface area (Å²) in [6.07, 6.45) is 4.56. The smallest absolute Gasteiger partial charge is 0.224 e. The number of benzene rings is 1. The number of carbonyl (C=O) groups is 5. The first-order chi connectivity index (χ1) is 17.7. The number of Topliss-reactive ketones (excluding diaryl/α,β-unsaturated/α-hetero) is 2. The van der Waals surface area contributed by atoms with Crippen LogP contribution >= 0.6 is 11.8 Å². The SMILES string of the molecule is CC(=O)C[C@H]1CSC(=O)[C@H](Cc2ccccc2)CC(=O)[C@H](CC(C)C)NC(=O)CCCCCCNC1=O. The van der Waals surface area contributed by atoms with Crippen molar-refractivity contribution < 1.29 is 24.0 Å². The van der Waals surface area contributed by atoms with Crippen LogP contribution in [0, 0.1) is 17.8 Å². The first-order valence-electron chi connectivity index (χ1n) is 13.5. The van der Waals surface area contributed by atoms with E-state index in [2.05, 4.69) is 10.6 Å². The molecule has 7 nitrogen and oxygen atoms in total. The second-order valence-corrected chi connectivity index (χ2v) is 11.5. The average Bonchev–Trinajstić information content (AvgIpc) is 2.84. The highest BCUT2D eigenvalue weighted by molar-refractivity contribution is 8.13. The van der Waals surface area contributed by atoms with E-state index in [0.717, 1.165) is 36.6 Å². The Kier molecular flexibility index (Phi) is 13.6. The molecule has 1 aromatic rings. The Balaban J connectivity index is 2.27. The molecule has 0 unspecified atom stereocenters. The Morgan fingerprint density at radius 2 is 1.70 bits per heavy atom. The van der Waals surface area contributed by atoms with E-state index < -0.39 is 17.9 Å². The van der Waals surface area contributed by atoms with Crippen molar-refractivity contribution in [3.63, 3.8) is 0 Å². The lowest BCUT2D eigenvalue weighted by atomic mass is 9.90. The van der Waals surface area contributed by atoms with Crippen molar-refractivity contribution in [3.8, 4) is 0 Å². The van der Waals surface area contributed by atoms with Gasteiger partial charge in [0.15, 0.2) is 10.9 Å². The van der Waals surface area contributed by atoms with E-state index in [-0.39, 0.29) is 53.0 Å². The molecule has 1 aliphatic heterocycles. The molecular weight excluding hydrogens is 488 g/mol. The van der Waals surface area contributed by atoms with Gasteiger partial charge in [-0.2, -0.15) is 0 Å². The number of carbonyl (C=O) groups excluding carboxylic acids is 5. The van der Waals surface area contributed by atoms with E-state index in [1.165, 1.54) is 6.92 Å². The van der Waals surface area contributed by atoms with Crippen LogP contribution in [0.5, 0.6) is 0 Å². The Hall–Kier alpha value is -2.48. The van der Waals surface area contributed by atoms with Gasteiger partial charge >= 0.3 is 0 Å². The van der Waals surface area contributed by atoms with Gasteiger partial charge in [-0.3, -0.25) is 19.2 Å². The van der Waals surface area contributed by atoms with Crippen molar-refractivity contribution in [2.24, 2.45) is 17.8 Å². The van der Waals surface area contributed by atoms with E-state index >= 15 is 0 Å². The fourth-order valence-electron chi connectivity index (χ4n) is 4.53. The maximum Gasteiger partial charge on any atom is 0.224 e. The van der Waals surface area contributed by atoms with E-state index in [1.54, 1.807) is 0 Å². The summed E-state index contributed by atoms with van der Waals surface area (Å²) >= 11 is 1.03. The number of hydrogen-bond acceptors (Lipinski definition) is 6. The van der Waals surface area contributed by atoms with Crippen LogP contribution in [0.3, 0.4) is 0 Å². The monoisotopic (exact) mass is 530 g/mol. The maximum atomic E-state index is 13.4. The van der Waals surface area contributed by atoms with Crippen molar-refractivity contribution >= 4 is 40.3 Å². The van der Waals surface area contributed by atoms with Crippen molar-refractivity contribution in [3.05, 3.63) is 35.9 Å². The number of ketones is 2. The summed E-state index contributed by atoms with van der Waals surface area (Å²) in [6.45, 7) is 5.96. The second-order valence-electron chi connectivity index (χ2n) is 10.5. The first kappa shape index (κ1) is 30.7. The highest BCUT2D eigenvalue weighted by Crippen LogP contribution is 2.25. The molecule has 0 bridgehead atoms. The predicted molar refractivity (Wildman–Crippen MR) is 147 cm³/mol. The van der Waals surface area contributed by atoms with Gasteiger partial charge in [-0.1, -0.05) is 68.8 Å². The topological polar surface area (TPSA) is 109 Å². The molecule has 0 aromatic heterocycles. The van der Waals surface area contributed by atoms with Gasteiger partial charge in [0, 0.05) is 37.5 Å². The fourth-order valence-corrected chi connectivity index (χ4v) is 5.56. The molecule has 0 saturated carbocycles. The molecule has 1 aromatic carbocycles. The summed E-state index contributed by atoms with van der Waals surface area (Å²) in [6, 6.07) is 8.91. The van der Waals surface area contributed by atoms with Crippen molar-refractivity contribution in [2.45, 2.75) is 84.6 Å². The normalized spacial score (nSPS) is 23.6. The van der Waals surface area contributed by atoms with Crippen molar-refractivity contribution in [1.82, 2.24) is 10.6 Å². The highest BCUT2D eigenvalue weighted by atomic mass is 32.2. The lowest BCUT2D eigenvalue weighted by molar-refractivity contribution is -0.129. The quantitative estimate of drug-likeness (QED) is 0.569. The summed E-state index contributed by atoms with van der Waals surface area (Å²) in [5.74, 6) is -1.39. The van der Waals surface area contributed by atoms with Crippen LogP contribution in [0.15, 0.2) is 30.3 Å². The third-order valence-electron chi connectivity index (χ3n) is 6.50. The minimum Gasteiger partial charge on any atom is -0.356 e. The molecular formula is C29H42N2O5S. The molecule has 204 valence electrons. The highest BCUT2D eigenvalue weighted by Gasteiger charge is 2.30. The van der Waals surface area contributed by atoms with E-state index in [4.69, 9.17) is 0 Å². The van der Waals surface area contributed by atoms with Gasteiger partial charge in [0.2, 0.25) is 11.8 Å². The fraction of sp³-hybridized carbons (Fsp3) is 0.621. The van der Waals surface area contributed by atoms with Gasteiger partial charge in [-0.05, 0) is 44.1 Å². The van der Waals surface area contributed by atoms with Gasteiger partial charge in [0.1, 0.15) is 5.78 Å². The molecule has 2 N–H and O–H groups in total. The molecule has 0 aliphatic carbocycles. The third kappa shape index (κ3) is 12.1. The number of amides is 2. The molecule has 3 atom stereocenters. The van der Waals surface area contributed by atoms with Gasteiger partial charge in [0.05, 0.1) is 12.0 Å². The molecule has 2 amide bonds. The minimum absolute atomic E-state index is 0.0158. The largest absolute Gasteiger partial charge is 0.356 e. The molecule has 1 saturated heterocycles. The summed E-state index contributed by atoms with van der Waals surface area (Å²) in [5.41, 5.74) is 0.943. The van der Waals surface area contributed by atoms with E-state index in [1.807, 2.05) is 44.2 Å². The Bertz CT molecular complexity index is 918. The minimum atomic E-state index is -0.626. The summed E-state index contributed by atoms with van der Waals surface area (Å²) in [5, 5.41) is 5.66. The molecule has 37 heavy (non-hydrogen) atoms. The van der Waals surface area contributed by atoms with Crippen LogP contribution in [-0.4, -0.2) is 46.8 Å². The molecule has 8 heteroatoms. The average molecular weight is 531 g/mol. The molecule has 0 spiro atoms. The standard InChI is InChI=1S/C29H42N2O5S/c1-20(2)15-25-26(33)18-23(17-22-11-7-6-8-12-22)29(36)37-19-24(16-21(3)32)28(35)30-14-10-5-4-9-13-27(34)31-25/h6-8,11-12,20,23-25H,4-5,9-10,13-19H2,1-3H3,(H,30,35)(H,31,34)/t23-,24+,25+/m1/s1. The van der Waals surface area contributed by atoms with Crippen molar-refractivity contribution in [2.75, 3.05) is 12.3 Å². The van der Waals surface area contributed by atoms with Gasteiger partial charge in [-0.15, -0.1) is 0 Å². The van der Waals surface area contributed by atoms with Crippen LogP contribution in [0.25, 0.3) is 0 Å². The van der Waals surface area contributed by atoms with Crippen LogP contribution in [0.2, 0.25) is 0 Å². The predicted octanol–water partition coefficient (Wildman–Crippen LogP) is 4.27. The van der Waals surface area contributed by atoms with Gasteiger partial charge in [-0.25, -0.2) is 0 Å². The third-order valence-corrected chi connectivity index (χ3v) is 7.68. The zero-order valence-corrected chi connectivity index (χ0v) is 23.2. The zero-order chi connectivity index (χ0) is 27.2. The summed E-state index contributed by atoms with van der Waals surface area (Å²) < 4.78 is 0. The number of hydrogen-bond donors (Lipinski definition) is 2. The zero-order valence-electron chi connectivity index (χ0n) is 22.4. The number of thioether (sulfide) groups is 1. The Morgan fingerprint density at radius 3 is 2.38 bits per heavy atom. The maximum absolute atomic E-state index is 13.4. The lowest BCUT2D eigenvalue weighted by Gasteiger charge is -2.23. The van der Waals surface area contributed by atoms with E-state index in [0.29, 0.717) is 32.2 Å². The Morgan fingerprint density at radius 1 is 1.00 bits per heavy atom. The molecule has 1 fully saturated rings. The first-order valence-corrected chi connectivity index (χ1v) is 14.4. The van der Waals surface area contributed by atoms with Crippen LogP contribution < -0.4 is 10.6 Å². The summed E-state index contributed by atoms with van der Waals surface area (Å²) in [7, 11) is 0. The van der Waals surface area contributed by atoms with Crippen LogP contribution in [-0.2, 0) is 30.4 Å². The molecule has 1 aliphatic rings.